The van der Waals surface area contributed by atoms with Crippen molar-refractivity contribution in [1.29, 1.82) is 0 Å². The van der Waals surface area contributed by atoms with Crippen molar-refractivity contribution in [3.63, 3.8) is 0 Å². The third-order valence-electron chi connectivity index (χ3n) is 3.09. The molecule has 2 aromatic carbocycles. The van der Waals surface area contributed by atoms with Crippen LogP contribution in [0.25, 0.3) is 0 Å². The number of hydrogen-bond donors (Lipinski definition) is 0. The fourth-order valence-electron chi connectivity index (χ4n) is 1.86. The zero-order valence-corrected chi connectivity index (χ0v) is 11.9. The second kappa shape index (κ2) is 5.36. The van der Waals surface area contributed by atoms with Crippen LogP contribution >= 0.6 is 11.9 Å². The fraction of sp³-hybridized carbons (Fsp3) is 0.200. The number of halogens is 3. The second-order valence-electron chi connectivity index (χ2n) is 4.77. The number of alkyl halides is 3. The van der Waals surface area contributed by atoms with E-state index in [0.717, 1.165) is 17.0 Å². The highest BCUT2D eigenvalue weighted by Gasteiger charge is 2.40. The Balaban J connectivity index is 1.64. The van der Waals surface area contributed by atoms with E-state index in [0.29, 0.717) is 5.56 Å². The molecule has 0 amide bonds. The van der Waals surface area contributed by atoms with Gasteiger partial charge in [-0.2, -0.15) is 13.2 Å². The summed E-state index contributed by atoms with van der Waals surface area (Å²) in [5.41, 5.74) is 1.23. The van der Waals surface area contributed by atoms with Crippen molar-refractivity contribution >= 4 is 11.9 Å². The quantitative estimate of drug-likeness (QED) is 0.588. The van der Waals surface area contributed by atoms with Gasteiger partial charge in [-0.15, -0.1) is 0 Å². The summed E-state index contributed by atoms with van der Waals surface area (Å²) in [5.74, 6) is 0. The Labute approximate surface area is 124 Å². The van der Waals surface area contributed by atoms with Crippen LogP contribution in [0.1, 0.15) is 22.9 Å². The maximum Gasteiger partial charge on any atom is 0.416 e. The van der Waals surface area contributed by atoms with Gasteiger partial charge in [-0.05, 0) is 43.1 Å². The molecule has 2 nitrogen and oxygen atoms in total. The maximum absolute atomic E-state index is 12.5. The zero-order valence-electron chi connectivity index (χ0n) is 11.1. The first-order chi connectivity index (χ1) is 9.93. The van der Waals surface area contributed by atoms with Crippen molar-refractivity contribution < 1.29 is 18.0 Å². The highest BCUT2D eigenvalue weighted by atomic mass is 32.2. The number of hydroxylamine groups is 1. The van der Waals surface area contributed by atoms with E-state index in [4.69, 9.17) is 4.84 Å². The summed E-state index contributed by atoms with van der Waals surface area (Å²) in [4.78, 5) is 6.40. The molecule has 1 fully saturated rings. The molecular formula is C15H12F3NOS. The van der Waals surface area contributed by atoms with Crippen molar-refractivity contribution in [1.82, 2.24) is 4.47 Å². The highest BCUT2D eigenvalue weighted by Crippen LogP contribution is 2.46. The number of nitrogens with zero attached hydrogens (tertiary/aromatic N) is 1. The van der Waals surface area contributed by atoms with E-state index in [1.54, 1.807) is 4.47 Å². The fourth-order valence-corrected chi connectivity index (χ4v) is 2.67. The van der Waals surface area contributed by atoms with Gasteiger partial charge in [0.05, 0.1) is 5.56 Å². The smallest absolute Gasteiger partial charge is 0.258 e. The van der Waals surface area contributed by atoms with E-state index in [9.17, 15) is 13.2 Å². The van der Waals surface area contributed by atoms with E-state index < -0.39 is 11.7 Å². The van der Waals surface area contributed by atoms with Crippen LogP contribution in [-0.4, -0.2) is 4.47 Å². The van der Waals surface area contributed by atoms with Gasteiger partial charge in [0.25, 0.3) is 0 Å². The van der Waals surface area contributed by atoms with Crippen molar-refractivity contribution in [3.05, 3.63) is 65.2 Å². The summed E-state index contributed by atoms with van der Waals surface area (Å²) in [6, 6.07) is 13.0. The summed E-state index contributed by atoms with van der Waals surface area (Å²) in [6.45, 7) is 2.01. The summed E-state index contributed by atoms with van der Waals surface area (Å²) in [7, 11) is 0. The molecule has 0 aromatic heterocycles. The molecule has 2 atom stereocenters. The van der Waals surface area contributed by atoms with E-state index in [1.165, 1.54) is 29.6 Å². The first-order valence-electron chi connectivity index (χ1n) is 6.31. The Bertz CT molecular complexity index is 625. The Morgan fingerprint density at radius 1 is 1.00 bits per heavy atom. The molecule has 3 rings (SSSR count). The third kappa shape index (κ3) is 3.40. The lowest BCUT2D eigenvalue weighted by Gasteiger charge is -2.06. The number of rotatable bonds is 3. The average molecular weight is 311 g/mol. The largest absolute Gasteiger partial charge is 0.416 e. The van der Waals surface area contributed by atoms with Gasteiger partial charge >= 0.3 is 6.18 Å². The van der Waals surface area contributed by atoms with E-state index >= 15 is 0 Å². The monoisotopic (exact) mass is 311 g/mol. The van der Waals surface area contributed by atoms with Crippen molar-refractivity contribution in [2.24, 2.45) is 0 Å². The molecule has 0 aliphatic carbocycles. The molecule has 0 bridgehead atoms. The molecular weight excluding hydrogens is 299 g/mol. The zero-order chi connectivity index (χ0) is 15.0. The molecule has 21 heavy (non-hydrogen) atoms. The Kier molecular flexibility index (Phi) is 3.69. The third-order valence-corrected chi connectivity index (χ3v) is 4.03. The highest BCUT2D eigenvalue weighted by molar-refractivity contribution is 7.97. The minimum atomic E-state index is -4.31. The topological polar surface area (TPSA) is 15.5 Å². The lowest BCUT2D eigenvalue weighted by molar-refractivity contribution is -0.137. The number of hydrogen-bond acceptors (Lipinski definition) is 3. The second-order valence-corrected chi connectivity index (χ2v) is 5.78. The predicted octanol–water partition coefficient (Wildman–Crippen LogP) is 4.97. The molecule has 1 aliphatic heterocycles. The Hall–Kier alpha value is -1.50. The van der Waals surface area contributed by atoms with E-state index in [1.807, 2.05) is 31.2 Å². The molecule has 1 aliphatic rings. The average Bonchev–Trinajstić information content (AvgIpc) is 3.20. The van der Waals surface area contributed by atoms with Crippen LogP contribution in [-0.2, 0) is 11.0 Å². The van der Waals surface area contributed by atoms with Crippen molar-refractivity contribution in [2.75, 3.05) is 0 Å². The summed E-state index contributed by atoms with van der Waals surface area (Å²) < 4.78 is 39.1. The van der Waals surface area contributed by atoms with Gasteiger partial charge < -0.3 is 0 Å². The Morgan fingerprint density at radius 3 is 2.19 bits per heavy atom. The molecule has 2 unspecified atom stereocenters. The number of benzene rings is 2. The predicted molar refractivity (Wildman–Crippen MR) is 74.1 cm³/mol. The van der Waals surface area contributed by atoms with Gasteiger partial charge in [-0.1, -0.05) is 34.3 Å². The van der Waals surface area contributed by atoms with Crippen LogP contribution in [0.3, 0.4) is 0 Å². The minimum Gasteiger partial charge on any atom is -0.258 e. The molecule has 0 saturated carbocycles. The molecule has 1 heterocycles. The first kappa shape index (κ1) is 14.4. The van der Waals surface area contributed by atoms with Gasteiger partial charge in [-0.25, -0.2) is 0 Å². The summed E-state index contributed by atoms with van der Waals surface area (Å²) in [6.07, 6.45) is -4.60. The summed E-state index contributed by atoms with van der Waals surface area (Å²) >= 11 is 1.42. The summed E-state index contributed by atoms with van der Waals surface area (Å²) in [5, 5.41) is 0. The van der Waals surface area contributed by atoms with Crippen molar-refractivity contribution in [2.45, 2.75) is 24.2 Å². The van der Waals surface area contributed by atoms with Gasteiger partial charge in [-0.3, -0.25) is 4.84 Å². The van der Waals surface area contributed by atoms with Gasteiger partial charge in [0.1, 0.15) is 0 Å². The maximum atomic E-state index is 12.5. The SMILES string of the molecule is Cc1ccc(SN2OC2c2ccc(C(F)(F)F)cc2)cc1. The van der Waals surface area contributed by atoms with Crippen LogP contribution in [0.2, 0.25) is 0 Å². The van der Waals surface area contributed by atoms with Crippen LogP contribution in [0.15, 0.2) is 53.4 Å². The normalized spacial score (nSPS) is 21.3. The van der Waals surface area contributed by atoms with Crippen LogP contribution in [0.4, 0.5) is 13.2 Å². The lowest BCUT2D eigenvalue weighted by atomic mass is 10.1. The van der Waals surface area contributed by atoms with Gasteiger partial charge in [0.2, 0.25) is 0 Å². The van der Waals surface area contributed by atoms with Crippen LogP contribution in [0.5, 0.6) is 0 Å². The van der Waals surface area contributed by atoms with Crippen LogP contribution < -0.4 is 0 Å². The molecule has 0 radical (unpaired) electrons. The van der Waals surface area contributed by atoms with E-state index in [2.05, 4.69) is 0 Å². The van der Waals surface area contributed by atoms with Gasteiger partial charge in [0.15, 0.2) is 6.23 Å². The molecule has 6 heteroatoms. The van der Waals surface area contributed by atoms with Crippen LogP contribution in [0, 0.1) is 6.92 Å². The van der Waals surface area contributed by atoms with E-state index in [-0.39, 0.29) is 6.23 Å². The molecule has 0 N–H and O–H groups in total. The number of aryl methyl sites for hydroxylation is 1. The first-order valence-corrected chi connectivity index (χ1v) is 7.08. The van der Waals surface area contributed by atoms with Crippen molar-refractivity contribution in [3.8, 4) is 0 Å². The molecule has 110 valence electrons. The molecule has 1 saturated heterocycles. The van der Waals surface area contributed by atoms with Gasteiger partial charge in [0, 0.05) is 10.5 Å². The molecule has 2 aromatic rings. The Morgan fingerprint density at radius 2 is 1.62 bits per heavy atom. The minimum absolute atomic E-state index is 0.293. The lowest BCUT2D eigenvalue weighted by Crippen LogP contribution is -2.04. The standard InChI is InChI=1S/C15H12F3NOS/c1-10-2-8-13(9-3-10)21-19-14(20-19)11-4-6-12(7-5-11)15(16,17)18/h2-9,14H,1H3. The molecule has 0 spiro atoms.